The molecule has 0 aromatic heterocycles. The molecule has 0 unspecified atom stereocenters. The number of ether oxygens (including phenoxy) is 1. The van der Waals surface area contributed by atoms with E-state index in [1.54, 1.807) is 36.4 Å². The molecule has 0 saturated carbocycles. The average Bonchev–Trinajstić information content (AvgIpc) is 2.61. The molecule has 1 aliphatic heterocycles. The van der Waals surface area contributed by atoms with Crippen LogP contribution in [0, 0.1) is 5.92 Å². The van der Waals surface area contributed by atoms with Gasteiger partial charge >= 0.3 is 12.6 Å². The minimum absolute atomic E-state index is 0.120. The smallest absolute Gasteiger partial charge is 0.387 e. The van der Waals surface area contributed by atoms with Crippen molar-refractivity contribution in [2.75, 3.05) is 5.32 Å². The summed E-state index contributed by atoms with van der Waals surface area (Å²) in [4.78, 5) is 24.8. The van der Waals surface area contributed by atoms with Crippen LogP contribution in [0.15, 0.2) is 66.9 Å². The monoisotopic (exact) mass is 373 g/mol. The van der Waals surface area contributed by atoms with Crippen molar-refractivity contribution in [3.63, 3.8) is 0 Å². The molecule has 8 heteroatoms. The number of halogens is 2. The molecule has 3 rings (SSSR count). The van der Waals surface area contributed by atoms with Crippen LogP contribution in [0.2, 0.25) is 0 Å². The molecule has 6 nitrogen and oxygen atoms in total. The predicted molar refractivity (Wildman–Crippen MR) is 95.2 cm³/mol. The maximum absolute atomic E-state index is 12.8. The van der Waals surface area contributed by atoms with Crippen LogP contribution in [0.25, 0.3) is 0 Å². The fraction of sp³-hybridized carbons (Fsp3) is 0.158. The normalized spacial score (nSPS) is 19.2. The molecule has 140 valence electrons. The summed E-state index contributed by atoms with van der Waals surface area (Å²) in [7, 11) is 0. The van der Waals surface area contributed by atoms with Gasteiger partial charge in [-0.2, -0.15) is 8.78 Å². The van der Waals surface area contributed by atoms with Crippen LogP contribution in [0.3, 0.4) is 0 Å². The number of hydrogen-bond acceptors (Lipinski definition) is 3. The first-order chi connectivity index (χ1) is 13.0. The van der Waals surface area contributed by atoms with E-state index in [4.69, 9.17) is 0 Å². The summed E-state index contributed by atoms with van der Waals surface area (Å²) < 4.78 is 30.0. The Kier molecular flexibility index (Phi) is 5.35. The lowest BCUT2D eigenvalue weighted by Crippen LogP contribution is -2.51. The molecule has 0 spiro atoms. The van der Waals surface area contributed by atoms with E-state index in [1.165, 1.54) is 18.2 Å². The van der Waals surface area contributed by atoms with Crippen molar-refractivity contribution in [2.24, 2.45) is 5.92 Å². The highest BCUT2D eigenvalue weighted by atomic mass is 19.3. The second kappa shape index (κ2) is 7.86. The molecule has 0 aliphatic carbocycles. The molecular formula is C19H17F2N3O3. The minimum Gasteiger partial charge on any atom is -0.434 e. The minimum atomic E-state index is -3.04. The highest BCUT2D eigenvalue weighted by molar-refractivity contribution is 5.97. The van der Waals surface area contributed by atoms with Gasteiger partial charge in [-0.1, -0.05) is 43.0 Å². The van der Waals surface area contributed by atoms with Gasteiger partial charge in [0.1, 0.15) is 11.7 Å². The lowest BCUT2D eigenvalue weighted by Gasteiger charge is -2.34. The fourth-order valence-electron chi connectivity index (χ4n) is 2.93. The third-order valence-electron chi connectivity index (χ3n) is 4.06. The van der Waals surface area contributed by atoms with Crippen LogP contribution < -0.4 is 20.7 Å². The molecule has 1 aliphatic rings. The van der Waals surface area contributed by atoms with Gasteiger partial charge in [-0.15, -0.1) is 0 Å². The summed E-state index contributed by atoms with van der Waals surface area (Å²) in [6, 6.07) is 13.2. The Balaban J connectivity index is 1.94. The molecular weight excluding hydrogens is 356 g/mol. The SMILES string of the molecule is C=C1NC(=O)N[C@H](c2ccccc2OC(F)F)[C@H]1C(=O)Nc1ccccc1. The summed E-state index contributed by atoms with van der Waals surface area (Å²) in [5, 5.41) is 7.80. The number of benzene rings is 2. The van der Waals surface area contributed by atoms with E-state index in [1.807, 2.05) is 0 Å². The van der Waals surface area contributed by atoms with Crippen LogP contribution in [-0.2, 0) is 4.79 Å². The van der Waals surface area contributed by atoms with Gasteiger partial charge in [0.2, 0.25) is 5.91 Å². The highest BCUT2D eigenvalue weighted by Gasteiger charge is 2.39. The fourth-order valence-corrected chi connectivity index (χ4v) is 2.93. The van der Waals surface area contributed by atoms with Crippen LogP contribution >= 0.6 is 0 Å². The number of hydrogen-bond donors (Lipinski definition) is 3. The summed E-state index contributed by atoms with van der Waals surface area (Å²) in [5.41, 5.74) is 0.967. The van der Waals surface area contributed by atoms with E-state index >= 15 is 0 Å². The maximum Gasteiger partial charge on any atom is 0.387 e. The van der Waals surface area contributed by atoms with Crippen LogP contribution in [0.4, 0.5) is 19.3 Å². The summed E-state index contributed by atoms with van der Waals surface area (Å²) in [6.07, 6.45) is 0. The Morgan fingerprint density at radius 3 is 2.48 bits per heavy atom. The molecule has 2 atom stereocenters. The van der Waals surface area contributed by atoms with Crippen LogP contribution in [0.1, 0.15) is 11.6 Å². The number of anilines is 1. The molecule has 27 heavy (non-hydrogen) atoms. The van der Waals surface area contributed by atoms with Gasteiger partial charge in [0, 0.05) is 16.9 Å². The molecule has 1 heterocycles. The van der Waals surface area contributed by atoms with Gasteiger partial charge in [-0.3, -0.25) is 4.79 Å². The van der Waals surface area contributed by atoms with Crippen LogP contribution in [-0.4, -0.2) is 18.5 Å². The van der Waals surface area contributed by atoms with Crippen molar-refractivity contribution in [2.45, 2.75) is 12.7 Å². The number of rotatable bonds is 5. The van der Waals surface area contributed by atoms with E-state index in [9.17, 15) is 18.4 Å². The molecule has 3 N–H and O–H groups in total. The Hall–Kier alpha value is -3.42. The molecule has 1 fully saturated rings. The number of alkyl halides is 2. The Morgan fingerprint density at radius 1 is 1.11 bits per heavy atom. The molecule has 0 radical (unpaired) electrons. The average molecular weight is 373 g/mol. The second-order valence-corrected chi connectivity index (χ2v) is 5.85. The van der Waals surface area contributed by atoms with Crippen molar-refractivity contribution in [3.8, 4) is 5.75 Å². The number of carbonyl (C=O) groups is 2. The van der Waals surface area contributed by atoms with E-state index in [-0.39, 0.29) is 17.0 Å². The largest absolute Gasteiger partial charge is 0.434 e. The molecule has 2 aromatic rings. The topological polar surface area (TPSA) is 79.5 Å². The summed E-state index contributed by atoms with van der Waals surface area (Å²) in [5.74, 6) is -1.51. The number of urea groups is 1. The Labute approximate surface area is 154 Å². The van der Waals surface area contributed by atoms with Gasteiger partial charge in [0.25, 0.3) is 0 Å². The summed E-state index contributed by atoms with van der Waals surface area (Å²) >= 11 is 0. The van der Waals surface area contributed by atoms with Crippen molar-refractivity contribution in [1.82, 2.24) is 10.6 Å². The third kappa shape index (κ3) is 4.22. The zero-order valence-electron chi connectivity index (χ0n) is 14.1. The molecule has 0 bridgehead atoms. The van der Waals surface area contributed by atoms with Crippen molar-refractivity contribution in [1.29, 1.82) is 0 Å². The van der Waals surface area contributed by atoms with E-state index < -0.39 is 30.5 Å². The second-order valence-electron chi connectivity index (χ2n) is 5.85. The summed E-state index contributed by atoms with van der Waals surface area (Å²) in [6.45, 7) is 0.715. The Bertz CT molecular complexity index is 858. The zero-order valence-corrected chi connectivity index (χ0v) is 14.1. The first-order valence-corrected chi connectivity index (χ1v) is 8.11. The number of para-hydroxylation sites is 2. The molecule has 3 amide bonds. The van der Waals surface area contributed by atoms with Gasteiger partial charge in [-0.25, -0.2) is 4.79 Å². The van der Waals surface area contributed by atoms with Gasteiger partial charge in [-0.05, 0) is 18.2 Å². The van der Waals surface area contributed by atoms with Gasteiger partial charge in [0.05, 0.1) is 6.04 Å². The predicted octanol–water partition coefficient (Wildman–Crippen LogP) is 3.41. The number of amides is 3. The van der Waals surface area contributed by atoms with E-state index in [0.29, 0.717) is 5.69 Å². The van der Waals surface area contributed by atoms with Crippen molar-refractivity contribution in [3.05, 3.63) is 72.4 Å². The van der Waals surface area contributed by atoms with Gasteiger partial charge in [0.15, 0.2) is 0 Å². The third-order valence-corrected chi connectivity index (χ3v) is 4.06. The highest BCUT2D eigenvalue weighted by Crippen LogP contribution is 2.36. The van der Waals surface area contributed by atoms with Crippen molar-refractivity contribution < 1.29 is 23.1 Å². The van der Waals surface area contributed by atoms with Gasteiger partial charge < -0.3 is 20.7 Å². The number of nitrogens with one attached hydrogen (secondary N) is 3. The van der Waals surface area contributed by atoms with E-state index in [0.717, 1.165) is 0 Å². The number of carbonyl (C=O) groups excluding carboxylic acids is 2. The van der Waals surface area contributed by atoms with E-state index in [2.05, 4.69) is 27.3 Å². The molecule has 2 aromatic carbocycles. The zero-order chi connectivity index (χ0) is 19.4. The maximum atomic E-state index is 12.8. The standard InChI is InChI=1S/C19H17F2N3O3/c1-11-15(17(25)23-12-7-3-2-4-8-12)16(24-19(26)22-11)13-9-5-6-10-14(13)27-18(20)21/h2-10,15-16,18H,1H2,(H,23,25)(H2,22,24,26)/t15-,16+/m0/s1. The lowest BCUT2D eigenvalue weighted by atomic mass is 9.87. The quantitative estimate of drug-likeness (QED) is 0.751. The lowest BCUT2D eigenvalue weighted by molar-refractivity contribution is -0.119. The van der Waals surface area contributed by atoms with Crippen molar-refractivity contribution >= 4 is 17.6 Å². The molecule has 1 saturated heterocycles. The van der Waals surface area contributed by atoms with Crippen LogP contribution in [0.5, 0.6) is 5.75 Å². The Morgan fingerprint density at radius 2 is 1.78 bits per heavy atom. The first-order valence-electron chi connectivity index (χ1n) is 8.11. The first kappa shape index (κ1) is 18.4.